The molecular weight excluding hydrogens is 136 g/mol. The molecule has 1 aliphatic rings. The molecule has 60 valence electrons. The second kappa shape index (κ2) is 2.16. The number of hydrogen-bond acceptors (Lipinski definition) is 1. The lowest BCUT2D eigenvalue weighted by Crippen LogP contribution is -2.16. The number of rotatable bonds is 3. The maximum absolute atomic E-state index is 12.5. The lowest BCUT2D eigenvalue weighted by molar-refractivity contribution is 0.0672. The average molecular weight is 149 g/mol. The van der Waals surface area contributed by atoms with Gasteiger partial charge in [0.1, 0.15) is 0 Å². The molecule has 0 radical (unpaired) electrons. The van der Waals surface area contributed by atoms with Gasteiger partial charge < -0.3 is 5.32 Å². The van der Waals surface area contributed by atoms with E-state index in [1.165, 1.54) is 0 Å². The summed E-state index contributed by atoms with van der Waals surface area (Å²) in [7, 11) is 1.78. The lowest BCUT2D eigenvalue weighted by atomic mass is 10.1. The molecule has 1 N–H and O–H groups in total. The highest BCUT2D eigenvalue weighted by molar-refractivity contribution is 5.06. The molecule has 1 rings (SSSR count). The summed E-state index contributed by atoms with van der Waals surface area (Å²) in [5.41, 5.74) is -0.698. The first-order valence-electron chi connectivity index (χ1n) is 3.54. The minimum absolute atomic E-state index is 0.0711. The van der Waals surface area contributed by atoms with Crippen LogP contribution in [0.1, 0.15) is 19.8 Å². The predicted molar refractivity (Wildman–Crippen MR) is 36.2 cm³/mol. The molecule has 0 spiro atoms. The molecule has 0 aromatic rings. The van der Waals surface area contributed by atoms with Gasteiger partial charge in [0.05, 0.1) is 0 Å². The summed E-state index contributed by atoms with van der Waals surface area (Å²) >= 11 is 0. The van der Waals surface area contributed by atoms with E-state index in [1.54, 1.807) is 14.0 Å². The van der Waals surface area contributed by atoms with E-state index >= 15 is 0 Å². The van der Waals surface area contributed by atoms with Crippen LogP contribution in [0.5, 0.6) is 0 Å². The van der Waals surface area contributed by atoms with Gasteiger partial charge in [0.15, 0.2) is 0 Å². The van der Waals surface area contributed by atoms with Crippen LogP contribution in [-0.4, -0.2) is 19.5 Å². The van der Waals surface area contributed by atoms with Crippen LogP contribution in [0, 0.1) is 5.41 Å². The molecule has 1 saturated carbocycles. The third kappa shape index (κ3) is 1.15. The largest absolute Gasteiger partial charge is 0.320 e. The highest BCUT2D eigenvalue weighted by Crippen LogP contribution is 2.62. The Labute approximate surface area is 59.8 Å². The number of alkyl halides is 2. The fourth-order valence-corrected chi connectivity index (χ4v) is 1.12. The van der Waals surface area contributed by atoms with Crippen LogP contribution in [-0.2, 0) is 0 Å². The smallest absolute Gasteiger partial charge is 0.254 e. The second-order valence-electron chi connectivity index (χ2n) is 3.30. The molecule has 1 fully saturated rings. The SMILES string of the molecule is CNCCC1(C)CC1(F)F. The highest BCUT2D eigenvalue weighted by Gasteiger charge is 2.66. The lowest BCUT2D eigenvalue weighted by Gasteiger charge is -2.07. The van der Waals surface area contributed by atoms with Crippen LogP contribution < -0.4 is 5.32 Å². The van der Waals surface area contributed by atoms with Crippen molar-refractivity contribution in [2.24, 2.45) is 5.41 Å². The van der Waals surface area contributed by atoms with Crippen LogP contribution in [0.4, 0.5) is 8.78 Å². The molecule has 0 saturated heterocycles. The standard InChI is InChI=1S/C7H13F2N/c1-6(3-4-10-2)5-7(6,8)9/h10H,3-5H2,1-2H3. The summed E-state index contributed by atoms with van der Waals surface area (Å²) in [4.78, 5) is 0. The van der Waals surface area contributed by atoms with Crippen molar-refractivity contribution in [3.05, 3.63) is 0 Å². The van der Waals surface area contributed by atoms with Crippen molar-refractivity contribution in [3.63, 3.8) is 0 Å². The molecule has 0 aromatic carbocycles. The van der Waals surface area contributed by atoms with E-state index in [9.17, 15) is 8.78 Å². The predicted octanol–water partition coefficient (Wildman–Crippen LogP) is 1.64. The van der Waals surface area contributed by atoms with Gasteiger partial charge in [-0.1, -0.05) is 6.92 Å². The first-order valence-corrected chi connectivity index (χ1v) is 3.54. The van der Waals surface area contributed by atoms with E-state index in [1.807, 2.05) is 0 Å². The summed E-state index contributed by atoms with van der Waals surface area (Å²) in [6.07, 6.45) is 0.651. The summed E-state index contributed by atoms with van der Waals surface area (Å²) < 4.78 is 25.0. The molecule has 1 aliphatic carbocycles. The van der Waals surface area contributed by atoms with Gasteiger partial charge in [0, 0.05) is 11.8 Å². The molecule has 0 amide bonds. The first-order chi connectivity index (χ1) is 4.52. The van der Waals surface area contributed by atoms with Crippen molar-refractivity contribution >= 4 is 0 Å². The topological polar surface area (TPSA) is 12.0 Å². The van der Waals surface area contributed by atoms with Crippen molar-refractivity contribution < 1.29 is 8.78 Å². The van der Waals surface area contributed by atoms with E-state index in [0.717, 1.165) is 0 Å². The Morgan fingerprint density at radius 1 is 1.50 bits per heavy atom. The van der Waals surface area contributed by atoms with E-state index in [2.05, 4.69) is 5.32 Å². The Hall–Kier alpha value is -0.180. The minimum Gasteiger partial charge on any atom is -0.320 e. The van der Waals surface area contributed by atoms with Gasteiger partial charge in [0.25, 0.3) is 5.92 Å². The summed E-state index contributed by atoms with van der Waals surface area (Å²) in [6.45, 7) is 2.33. The van der Waals surface area contributed by atoms with Gasteiger partial charge in [-0.15, -0.1) is 0 Å². The van der Waals surface area contributed by atoms with Crippen molar-refractivity contribution in [2.75, 3.05) is 13.6 Å². The second-order valence-corrected chi connectivity index (χ2v) is 3.30. The maximum atomic E-state index is 12.5. The van der Waals surface area contributed by atoms with Crippen LogP contribution in [0.25, 0.3) is 0 Å². The summed E-state index contributed by atoms with van der Waals surface area (Å²) in [5.74, 6) is -2.39. The van der Waals surface area contributed by atoms with E-state index in [0.29, 0.717) is 13.0 Å². The van der Waals surface area contributed by atoms with E-state index in [4.69, 9.17) is 0 Å². The third-order valence-electron chi connectivity index (χ3n) is 2.30. The van der Waals surface area contributed by atoms with Gasteiger partial charge in [-0.3, -0.25) is 0 Å². The molecule has 0 heterocycles. The van der Waals surface area contributed by atoms with Gasteiger partial charge in [-0.05, 0) is 20.0 Å². The van der Waals surface area contributed by atoms with Crippen LogP contribution in [0.3, 0.4) is 0 Å². The zero-order chi connectivity index (χ0) is 7.83. The maximum Gasteiger partial charge on any atom is 0.254 e. The molecular formula is C7H13F2N. The normalized spacial score (nSPS) is 36.0. The Bertz CT molecular complexity index is 136. The van der Waals surface area contributed by atoms with Crippen LogP contribution >= 0.6 is 0 Å². The van der Waals surface area contributed by atoms with Crippen LogP contribution in [0.2, 0.25) is 0 Å². The van der Waals surface area contributed by atoms with Gasteiger partial charge in [-0.2, -0.15) is 0 Å². The fourth-order valence-electron chi connectivity index (χ4n) is 1.12. The Morgan fingerprint density at radius 3 is 2.30 bits per heavy atom. The zero-order valence-electron chi connectivity index (χ0n) is 6.38. The third-order valence-corrected chi connectivity index (χ3v) is 2.30. The number of nitrogens with one attached hydrogen (secondary N) is 1. The molecule has 0 aliphatic heterocycles. The van der Waals surface area contributed by atoms with E-state index < -0.39 is 11.3 Å². The molecule has 0 bridgehead atoms. The van der Waals surface area contributed by atoms with Gasteiger partial charge >= 0.3 is 0 Å². The molecule has 1 unspecified atom stereocenters. The Morgan fingerprint density at radius 2 is 2.00 bits per heavy atom. The molecule has 10 heavy (non-hydrogen) atoms. The van der Waals surface area contributed by atoms with Crippen molar-refractivity contribution in [2.45, 2.75) is 25.7 Å². The fraction of sp³-hybridized carbons (Fsp3) is 1.00. The quantitative estimate of drug-likeness (QED) is 0.643. The molecule has 1 atom stereocenters. The van der Waals surface area contributed by atoms with Crippen LogP contribution in [0.15, 0.2) is 0 Å². The summed E-state index contributed by atoms with van der Waals surface area (Å²) in [5, 5.41) is 2.87. The van der Waals surface area contributed by atoms with Gasteiger partial charge in [0.2, 0.25) is 0 Å². The molecule has 1 nitrogen and oxygen atoms in total. The monoisotopic (exact) mass is 149 g/mol. The highest BCUT2D eigenvalue weighted by atomic mass is 19.3. The summed E-state index contributed by atoms with van der Waals surface area (Å²) in [6, 6.07) is 0. The minimum atomic E-state index is -2.39. The number of hydrogen-bond donors (Lipinski definition) is 1. The van der Waals surface area contributed by atoms with Gasteiger partial charge in [-0.25, -0.2) is 8.78 Å². The molecule has 0 aromatic heterocycles. The van der Waals surface area contributed by atoms with Crippen molar-refractivity contribution in [1.82, 2.24) is 5.32 Å². The molecule has 3 heteroatoms. The average Bonchev–Trinajstić information content (AvgIpc) is 2.29. The number of halogens is 2. The first kappa shape index (κ1) is 7.92. The van der Waals surface area contributed by atoms with E-state index in [-0.39, 0.29) is 6.42 Å². The Kier molecular flexibility index (Phi) is 1.71. The Balaban J connectivity index is 2.30. The van der Waals surface area contributed by atoms with Crippen molar-refractivity contribution in [1.29, 1.82) is 0 Å². The zero-order valence-corrected chi connectivity index (χ0v) is 6.38. The van der Waals surface area contributed by atoms with Crippen molar-refractivity contribution in [3.8, 4) is 0 Å².